The number of sulfone groups is 2. The molecular formula is C41H48N2O8S5. The molecular weight excluding hydrogens is 809 g/mol. The van der Waals surface area contributed by atoms with Crippen molar-refractivity contribution in [1.82, 2.24) is 11.0 Å². The number of unbranched alkanes of at least 4 members (excludes halogenated alkanes) is 3. The molecule has 0 aliphatic carbocycles. The molecule has 0 spiro atoms. The molecule has 4 N–H and O–H groups in total. The number of amides is 2. The predicted octanol–water partition coefficient (Wildman–Crippen LogP) is 8.97. The summed E-state index contributed by atoms with van der Waals surface area (Å²) in [6, 6.07) is 27.8. The van der Waals surface area contributed by atoms with Crippen LogP contribution in [-0.4, -0.2) is 61.1 Å². The molecule has 0 fully saturated rings. The summed E-state index contributed by atoms with van der Waals surface area (Å²) in [5.41, 5.74) is 8.72. The fourth-order valence-electron chi connectivity index (χ4n) is 6.51. The Hall–Kier alpha value is -3.70. The normalized spacial score (nSPS) is 14.2. The minimum Gasteiger partial charge on any atom is -0.289 e. The van der Waals surface area contributed by atoms with Gasteiger partial charge in [-0.2, -0.15) is 0 Å². The molecule has 0 aliphatic heterocycles. The average Bonchev–Trinajstić information content (AvgIpc) is 3.97. The number of hydrogen-bond donors (Lipinski definition) is 4. The highest BCUT2D eigenvalue weighted by Gasteiger charge is 2.43. The molecule has 56 heavy (non-hydrogen) atoms. The second-order valence-corrected chi connectivity index (χ2v) is 22.6. The van der Waals surface area contributed by atoms with Gasteiger partial charge in [-0.25, -0.2) is 27.8 Å². The van der Waals surface area contributed by atoms with E-state index in [1.807, 2.05) is 0 Å². The summed E-state index contributed by atoms with van der Waals surface area (Å²) in [7, 11) is -7.39. The lowest BCUT2D eigenvalue weighted by molar-refractivity contribution is -0.132. The van der Waals surface area contributed by atoms with Crippen molar-refractivity contribution < 1.29 is 36.8 Å². The molecule has 2 atom stereocenters. The van der Waals surface area contributed by atoms with E-state index in [-0.39, 0.29) is 12.8 Å². The Labute approximate surface area is 341 Å². The summed E-state index contributed by atoms with van der Waals surface area (Å²) in [6.45, 7) is 2.70. The highest BCUT2D eigenvalue weighted by molar-refractivity contribution is 7.93. The largest absolute Gasteiger partial charge is 0.289 e. The smallest absolute Gasteiger partial charge is 0.264 e. The van der Waals surface area contributed by atoms with Crippen LogP contribution in [0.25, 0.3) is 41.8 Å². The first kappa shape index (κ1) is 43.4. The Morgan fingerprint density at radius 3 is 1.70 bits per heavy atom. The van der Waals surface area contributed by atoms with E-state index in [0.29, 0.717) is 12.8 Å². The van der Waals surface area contributed by atoms with Gasteiger partial charge in [0.05, 0.1) is 0 Å². The number of aryl methyl sites for hydroxylation is 2. The van der Waals surface area contributed by atoms with Crippen LogP contribution in [0, 0.1) is 0 Å². The van der Waals surface area contributed by atoms with Crippen molar-refractivity contribution in [3.8, 4) is 41.8 Å². The zero-order chi connectivity index (χ0) is 40.7. The Kier molecular flexibility index (Phi) is 14.2. The first-order chi connectivity index (χ1) is 26.5. The minimum absolute atomic E-state index is 0.130. The number of carbonyl (C=O) groups is 2. The van der Waals surface area contributed by atoms with E-state index in [1.54, 1.807) is 34.0 Å². The topological polar surface area (TPSA) is 167 Å². The molecule has 2 unspecified atom stereocenters. The number of carbonyl (C=O) groups excluding carboxylic acids is 2. The number of rotatable bonds is 19. The third kappa shape index (κ3) is 10.0. The third-order valence-electron chi connectivity index (χ3n) is 10.6. The molecule has 2 aromatic carbocycles. The van der Waals surface area contributed by atoms with Gasteiger partial charge < -0.3 is 0 Å². The zero-order valence-electron chi connectivity index (χ0n) is 31.8. The van der Waals surface area contributed by atoms with Gasteiger partial charge in [0.15, 0.2) is 19.7 Å². The van der Waals surface area contributed by atoms with Gasteiger partial charge in [0.25, 0.3) is 11.8 Å². The lowest BCUT2D eigenvalue weighted by Crippen LogP contribution is -2.49. The van der Waals surface area contributed by atoms with Crippen LogP contribution < -0.4 is 11.0 Å². The van der Waals surface area contributed by atoms with Crippen LogP contribution in [0.4, 0.5) is 0 Å². The van der Waals surface area contributed by atoms with Gasteiger partial charge in [0, 0.05) is 36.9 Å². The molecule has 0 aliphatic rings. The maximum atomic E-state index is 12.2. The first-order valence-corrected chi connectivity index (χ1v) is 24.5. The van der Waals surface area contributed by atoms with E-state index in [2.05, 4.69) is 84.2 Å². The summed E-state index contributed by atoms with van der Waals surface area (Å²) in [4.78, 5) is 30.1. The van der Waals surface area contributed by atoms with Gasteiger partial charge in [0.1, 0.15) is 9.49 Å². The lowest BCUT2D eigenvalue weighted by atomic mass is 9.97. The predicted molar refractivity (Wildman–Crippen MR) is 228 cm³/mol. The summed E-state index contributed by atoms with van der Waals surface area (Å²) >= 11 is 5.19. The summed E-state index contributed by atoms with van der Waals surface area (Å²) < 4.78 is 45.5. The second-order valence-electron chi connectivity index (χ2n) is 14.6. The van der Waals surface area contributed by atoms with Gasteiger partial charge >= 0.3 is 0 Å². The molecule has 3 heterocycles. The number of nitrogens with one attached hydrogen (secondary N) is 2. The summed E-state index contributed by atoms with van der Waals surface area (Å²) in [6.07, 6.45) is 7.32. The second kappa shape index (κ2) is 18.3. The van der Waals surface area contributed by atoms with Crippen LogP contribution in [0.2, 0.25) is 0 Å². The Morgan fingerprint density at radius 2 is 1.11 bits per heavy atom. The molecule has 3 aromatic heterocycles. The molecule has 0 radical (unpaired) electrons. The van der Waals surface area contributed by atoms with Gasteiger partial charge in [-0.15, -0.1) is 34.0 Å². The Bertz CT molecular complexity index is 2360. The van der Waals surface area contributed by atoms with Crippen molar-refractivity contribution in [2.75, 3.05) is 12.5 Å². The fourth-order valence-corrected chi connectivity index (χ4v) is 11.5. The fraction of sp³-hybridized carbons (Fsp3) is 0.366. The monoisotopic (exact) mass is 856 g/mol. The molecule has 0 bridgehead atoms. The molecule has 0 saturated carbocycles. The molecule has 10 nitrogen and oxygen atoms in total. The number of hydrogen-bond acceptors (Lipinski definition) is 11. The van der Waals surface area contributed by atoms with Gasteiger partial charge in [-0.1, -0.05) is 61.7 Å². The zero-order valence-corrected chi connectivity index (χ0v) is 35.9. The van der Waals surface area contributed by atoms with Crippen LogP contribution in [0.1, 0.15) is 69.2 Å². The number of hydroxylamine groups is 2. The van der Waals surface area contributed by atoms with Crippen LogP contribution in [-0.2, 0) is 42.1 Å². The van der Waals surface area contributed by atoms with Gasteiger partial charge in [-0.05, 0) is 122 Å². The standard InChI is InChI=1S/C41H48N2O8S5/c1-40(38(44)42-46,55(3,48)49)23-8-5-6-11-28-15-17-29(18-16-28)30-12-10-13-31(25-30)32-26-37(52-27-32)36-22-21-35(54-36)34-20-19-33(53-34)14-7-9-24-41(2,39(45)43-47)56(4,50)51/h10,12-13,15-22,25-27,46-47H,5-9,11,14,23-24H2,1-4H3,(H,42,44)(H,43,45). The van der Waals surface area contributed by atoms with Crippen molar-refractivity contribution >= 4 is 65.5 Å². The maximum Gasteiger partial charge on any atom is 0.264 e. The van der Waals surface area contributed by atoms with E-state index in [9.17, 15) is 26.4 Å². The van der Waals surface area contributed by atoms with E-state index < -0.39 is 41.0 Å². The van der Waals surface area contributed by atoms with Crippen LogP contribution in [0.15, 0.2) is 84.2 Å². The summed E-state index contributed by atoms with van der Waals surface area (Å²) in [5.74, 6) is -1.80. The van der Waals surface area contributed by atoms with Crippen molar-refractivity contribution in [3.63, 3.8) is 0 Å². The lowest BCUT2D eigenvalue weighted by Gasteiger charge is -2.24. The van der Waals surface area contributed by atoms with Crippen molar-refractivity contribution in [3.05, 3.63) is 94.7 Å². The molecule has 5 aromatic rings. The Morgan fingerprint density at radius 1 is 0.589 bits per heavy atom. The van der Waals surface area contributed by atoms with E-state index in [4.69, 9.17) is 10.4 Å². The number of benzene rings is 2. The molecule has 15 heteroatoms. The third-order valence-corrected chi connectivity index (χ3v) is 18.2. The quantitative estimate of drug-likeness (QED) is 0.0363. The minimum atomic E-state index is -3.70. The molecule has 300 valence electrons. The van der Waals surface area contributed by atoms with Crippen molar-refractivity contribution in [2.24, 2.45) is 0 Å². The molecule has 2 amide bonds. The molecule has 0 saturated heterocycles. The Balaban J connectivity index is 1.14. The van der Waals surface area contributed by atoms with Crippen LogP contribution in [0.5, 0.6) is 0 Å². The summed E-state index contributed by atoms with van der Waals surface area (Å²) in [5, 5.41) is 20.3. The maximum absolute atomic E-state index is 12.2. The van der Waals surface area contributed by atoms with Crippen molar-refractivity contribution in [1.29, 1.82) is 0 Å². The first-order valence-electron chi connectivity index (χ1n) is 18.2. The highest BCUT2D eigenvalue weighted by atomic mass is 32.2. The van der Waals surface area contributed by atoms with Crippen LogP contribution in [0.3, 0.4) is 0 Å². The number of thiophene rings is 3. The van der Waals surface area contributed by atoms with Crippen molar-refractivity contribution in [2.45, 2.75) is 81.1 Å². The van der Waals surface area contributed by atoms with E-state index in [0.717, 1.165) is 66.9 Å². The SMILES string of the molecule is CC(CCCCCc1ccc(-c2cccc(-c3csc(-c4ccc(-c5ccc(CCCCC(C)(C(=O)NO)S(C)(=O)=O)s5)s4)c3)c2)cc1)(C(=O)NO)S(C)(=O)=O. The van der Waals surface area contributed by atoms with Gasteiger partial charge in [-0.3, -0.25) is 20.0 Å². The van der Waals surface area contributed by atoms with Gasteiger partial charge in [0.2, 0.25) is 0 Å². The average molecular weight is 857 g/mol. The van der Waals surface area contributed by atoms with E-state index in [1.165, 1.54) is 54.8 Å². The highest BCUT2D eigenvalue weighted by Crippen LogP contribution is 2.42. The molecule has 5 rings (SSSR count). The van der Waals surface area contributed by atoms with E-state index >= 15 is 0 Å². The van der Waals surface area contributed by atoms with Crippen LogP contribution >= 0.6 is 34.0 Å².